The molecule has 0 aliphatic rings. The van der Waals surface area contributed by atoms with Gasteiger partial charge in [0.2, 0.25) is 0 Å². The molecular formula is C13H15Cl3O4S. The molecule has 118 valence electrons. The first-order chi connectivity index (χ1) is 9.66. The van der Waals surface area contributed by atoms with Gasteiger partial charge >= 0.3 is 5.97 Å². The molecule has 0 heterocycles. The second-order valence-electron chi connectivity index (χ2n) is 4.69. The van der Waals surface area contributed by atoms with E-state index in [1.54, 1.807) is 0 Å². The Bertz CT molecular complexity index is 629. The Balaban J connectivity index is 3.00. The van der Waals surface area contributed by atoms with Gasteiger partial charge in [0.05, 0.1) is 22.2 Å². The maximum atomic E-state index is 12.0. The van der Waals surface area contributed by atoms with Gasteiger partial charge < -0.3 is 4.74 Å². The Morgan fingerprint density at radius 2 is 1.90 bits per heavy atom. The van der Waals surface area contributed by atoms with Crippen LogP contribution in [-0.4, -0.2) is 21.0 Å². The van der Waals surface area contributed by atoms with Crippen molar-refractivity contribution in [1.29, 1.82) is 0 Å². The summed E-state index contributed by atoms with van der Waals surface area (Å²) in [6.07, 6.45) is 1.90. The molecule has 0 radical (unpaired) electrons. The monoisotopic (exact) mass is 372 g/mol. The van der Waals surface area contributed by atoms with Crippen molar-refractivity contribution in [1.82, 2.24) is 0 Å². The van der Waals surface area contributed by atoms with Crippen molar-refractivity contribution in [2.45, 2.75) is 31.6 Å². The predicted octanol–water partition coefficient (Wildman–Crippen LogP) is 4.51. The van der Waals surface area contributed by atoms with Crippen LogP contribution in [0.4, 0.5) is 0 Å². The van der Waals surface area contributed by atoms with E-state index in [1.807, 2.05) is 13.8 Å². The molecule has 1 aromatic rings. The number of carbonyl (C=O) groups is 1. The van der Waals surface area contributed by atoms with Crippen LogP contribution >= 0.6 is 33.9 Å². The second kappa shape index (κ2) is 7.68. The molecule has 8 heteroatoms. The van der Waals surface area contributed by atoms with Crippen LogP contribution in [0.5, 0.6) is 0 Å². The molecule has 0 aliphatic heterocycles. The molecule has 0 bridgehead atoms. The summed E-state index contributed by atoms with van der Waals surface area (Å²) in [5.41, 5.74) is -0.0796. The van der Waals surface area contributed by atoms with Crippen LogP contribution in [0.2, 0.25) is 10.0 Å². The molecular weight excluding hydrogens is 359 g/mol. The fourth-order valence-electron chi connectivity index (χ4n) is 1.74. The minimum absolute atomic E-state index is 0.0113. The number of hydrogen-bond donors (Lipinski definition) is 0. The zero-order valence-electron chi connectivity index (χ0n) is 11.5. The van der Waals surface area contributed by atoms with Crippen molar-refractivity contribution < 1.29 is 17.9 Å². The number of esters is 1. The number of rotatable bonds is 6. The molecule has 0 saturated carbocycles. The normalized spacial score (nSPS) is 13.0. The summed E-state index contributed by atoms with van der Waals surface area (Å²) in [6.45, 7) is 4.22. The summed E-state index contributed by atoms with van der Waals surface area (Å²) < 4.78 is 27.9. The fraction of sp³-hybridized carbons (Fsp3) is 0.462. The SMILES string of the molecule is CCCC(C)COC(=O)c1cc(S(=O)(=O)Cl)c(Cl)cc1Cl. The number of halogens is 3. The van der Waals surface area contributed by atoms with E-state index in [0.717, 1.165) is 25.0 Å². The van der Waals surface area contributed by atoms with Gasteiger partial charge in [-0.1, -0.05) is 43.5 Å². The summed E-state index contributed by atoms with van der Waals surface area (Å²) in [5.74, 6) is -0.498. The van der Waals surface area contributed by atoms with Crippen molar-refractivity contribution in [2.75, 3.05) is 6.61 Å². The lowest BCUT2D eigenvalue weighted by Crippen LogP contribution is -2.13. The van der Waals surface area contributed by atoms with Gasteiger partial charge in [0, 0.05) is 10.7 Å². The van der Waals surface area contributed by atoms with Crippen LogP contribution < -0.4 is 0 Å². The van der Waals surface area contributed by atoms with Crippen LogP contribution in [0.15, 0.2) is 17.0 Å². The van der Waals surface area contributed by atoms with E-state index in [4.69, 9.17) is 38.6 Å². The van der Waals surface area contributed by atoms with E-state index < -0.39 is 15.0 Å². The average Bonchev–Trinajstić information content (AvgIpc) is 2.34. The zero-order valence-corrected chi connectivity index (χ0v) is 14.6. The Hall–Kier alpha value is -0.490. The Morgan fingerprint density at radius 1 is 1.29 bits per heavy atom. The van der Waals surface area contributed by atoms with Crippen molar-refractivity contribution in [2.24, 2.45) is 5.92 Å². The third-order valence-corrected chi connectivity index (χ3v) is 4.88. The van der Waals surface area contributed by atoms with Crippen molar-refractivity contribution >= 4 is 48.9 Å². The third kappa shape index (κ3) is 5.33. The maximum Gasteiger partial charge on any atom is 0.339 e. The van der Waals surface area contributed by atoms with Crippen LogP contribution in [0.25, 0.3) is 0 Å². The third-order valence-electron chi connectivity index (χ3n) is 2.78. The summed E-state index contributed by atoms with van der Waals surface area (Å²) in [6, 6.07) is 2.18. The molecule has 1 atom stereocenters. The first-order valence-electron chi connectivity index (χ1n) is 6.27. The van der Waals surface area contributed by atoms with Gasteiger partial charge in [-0.05, 0) is 24.5 Å². The predicted molar refractivity (Wildman–Crippen MR) is 83.9 cm³/mol. The highest BCUT2D eigenvalue weighted by atomic mass is 35.7. The van der Waals surface area contributed by atoms with Crippen LogP contribution in [0.3, 0.4) is 0 Å². The van der Waals surface area contributed by atoms with Crippen molar-refractivity contribution in [3.8, 4) is 0 Å². The Kier molecular flexibility index (Phi) is 6.78. The highest BCUT2D eigenvalue weighted by Crippen LogP contribution is 2.31. The lowest BCUT2D eigenvalue weighted by Gasteiger charge is -2.12. The molecule has 0 aliphatic carbocycles. The number of ether oxygens (including phenoxy) is 1. The largest absolute Gasteiger partial charge is 0.462 e. The maximum absolute atomic E-state index is 12.0. The van der Waals surface area contributed by atoms with E-state index in [9.17, 15) is 13.2 Å². The lowest BCUT2D eigenvalue weighted by atomic mass is 10.1. The van der Waals surface area contributed by atoms with Gasteiger partial charge in [0.25, 0.3) is 9.05 Å². The second-order valence-corrected chi connectivity index (χ2v) is 8.04. The van der Waals surface area contributed by atoms with E-state index in [2.05, 4.69) is 0 Å². The minimum Gasteiger partial charge on any atom is -0.462 e. The molecule has 0 N–H and O–H groups in total. The van der Waals surface area contributed by atoms with Crippen LogP contribution in [-0.2, 0) is 13.8 Å². The van der Waals surface area contributed by atoms with Gasteiger partial charge in [-0.2, -0.15) is 0 Å². The fourth-order valence-corrected chi connectivity index (χ4v) is 3.56. The molecule has 1 rings (SSSR count). The van der Waals surface area contributed by atoms with Crippen molar-refractivity contribution in [3.63, 3.8) is 0 Å². The molecule has 0 amide bonds. The molecule has 1 unspecified atom stereocenters. The van der Waals surface area contributed by atoms with Gasteiger partial charge in [0.15, 0.2) is 0 Å². The van der Waals surface area contributed by atoms with E-state index in [1.165, 1.54) is 0 Å². The molecule has 0 saturated heterocycles. The summed E-state index contributed by atoms with van der Waals surface area (Å²) in [5, 5.41) is -0.136. The van der Waals surface area contributed by atoms with E-state index in [-0.39, 0.29) is 33.0 Å². The minimum atomic E-state index is -4.07. The standard InChI is InChI=1S/C13H15Cl3O4S/c1-3-4-8(2)7-20-13(17)9-5-12(21(16,18)19)11(15)6-10(9)14/h5-6,8H,3-4,7H2,1-2H3. The summed E-state index contributed by atoms with van der Waals surface area (Å²) in [4.78, 5) is 11.6. The van der Waals surface area contributed by atoms with Gasteiger partial charge in [0.1, 0.15) is 4.90 Å². The van der Waals surface area contributed by atoms with Crippen molar-refractivity contribution in [3.05, 3.63) is 27.7 Å². The first kappa shape index (κ1) is 18.6. The molecule has 0 aromatic heterocycles. The Labute approximate surface area is 138 Å². The van der Waals surface area contributed by atoms with Gasteiger partial charge in [-0.3, -0.25) is 0 Å². The highest BCUT2D eigenvalue weighted by Gasteiger charge is 2.22. The van der Waals surface area contributed by atoms with Gasteiger partial charge in [-0.25, -0.2) is 13.2 Å². The van der Waals surface area contributed by atoms with Gasteiger partial charge in [-0.15, -0.1) is 0 Å². The zero-order chi connectivity index (χ0) is 16.2. The number of benzene rings is 1. The lowest BCUT2D eigenvalue weighted by molar-refractivity contribution is 0.0443. The molecule has 1 aromatic carbocycles. The van der Waals surface area contributed by atoms with Crippen LogP contribution in [0, 0.1) is 5.92 Å². The molecule has 21 heavy (non-hydrogen) atoms. The summed E-state index contributed by atoms with van der Waals surface area (Å²) in [7, 11) is 1.18. The summed E-state index contributed by atoms with van der Waals surface area (Å²) >= 11 is 11.7. The Morgan fingerprint density at radius 3 is 2.43 bits per heavy atom. The van der Waals surface area contributed by atoms with Crippen LogP contribution in [0.1, 0.15) is 37.0 Å². The number of hydrogen-bond acceptors (Lipinski definition) is 4. The highest BCUT2D eigenvalue weighted by molar-refractivity contribution is 8.13. The molecule has 0 spiro atoms. The van der Waals surface area contributed by atoms with E-state index in [0.29, 0.717) is 0 Å². The average molecular weight is 374 g/mol. The quantitative estimate of drug-likeness (QED) is 0.543. The molecule has 4 nitrogen and oxygen atoms in total. The smallest absolute Gasteiger partial charge is 0.339 e. The first-order valence-corrected chi connectivity index (χ1v) is 9.34. The topological polar surface area (TPSA) is 60.4 Å². The molecule has 0 fully saturated rings. The van der Waals surface area contributed by atoms with E-state index >= 15 is 0 Å². The number of carbonyl (C=O) groups excluding carboxylic acids is 1.